The molecule has 2 heterocycles. The van der Waals surface area contributed by atoms with E-state index in [9.17, 15) is 4.39 Å². The van der Waals surface area contributed by atoms with Crippen molar-refractivity contribution in [3.05, 3.63) is 24.4 Å². The molecular weight excluding hydrogens is 183 g/mol. The maximum atomic E-state index is 12.4. The van der Waals surface area contributed by atoms with Gasteiger partial charge in [-0.05, 0) is 12.1 Å². The SMILES string of the molecule is FC[C@@H]1CN(c2ccccn2)CCO1. The highest BCUT2D eigenvalue weighted by atomic mass is 19.1. The third-order valence-electron chi connectivity index (χ3n) is 2.28. The molecule has 1 fully saturated rings. The minimum absolute atomic E-state index is 0.300. The Kier molecular flexibility index (Phi) is 2.93. The fourth-order valence-electron chi connectivity index (χ4n) is 1.56. The average molecular weight is 196 g/mol. The summed E-state index contributed by atoms with van der Waals surface area (Å²) >= 11 is 0. The molecule has 0 amide bonds. The topological polar surface area (TPSA) is 25.4 Å². The number of pyridine rings is 1. The summed E-state index contributed by atoms with van der Waals surface area (Å²) in [5.74, 6) is 0.897. The zero-order valence-electron chi connectivity index (χ0n) is 7.90. The van der Waals surface area contributed by atoms with Gasteiger partial charge in [0.15, 0.2) is 0 Å². The quantitative estimate of drug-likeness (QED) is 0.712. The van der Waals surface area contributed by atoms with Gasteiger partial charge in [-0.15, -0.1) is 0 Å². The van der Waals surface area contributed by atoms with Gasteiger partial charge in [0.1, 0.15) is 18.6 Å². The monoisotopic (exact) mass is 196 g/mol. The number of hydrogen-bond donors (Lipinski definition) is 0. The molecule has 76 valence electrons. The van der Waals surface area contributed by atoms with Crippen molar-refractivity contribution in [1.82, 2.24) is 4.98 Å². The van der Waals surface area contributed by atoms with Crippen LogP contribution in [0.5, 0.6) is 0 Å². The summed E-state index contributed by atoms with van der Waals surface area (Å²) in [5, 5.41) is 0. The molecule has 4 heteroatoms. The zero-order valence-corrected chi connectivity index (χ0v) is 7.90. The van der Waals surface area contributed by atoms with Gasteiger partial charge in [0.25, 0.3) is 0 Å². The maximum Gasteiger partial charge on any atom is 0.128 e. The van der Waals surface area contributed by atoms with Gasteiger partial charge in [-0.3, -0.25) is 0 Å². The summed E-state index contributed by atoms with van der Waals surface area (Å²) in [7, 11) is 0. The van der Waals surface area contributed by atoms with Crippen LogP contribution in [0.25, 0.3) is 0 Å². The van der Waals surface area contributed by atoms with E-state index in [0.29, 0.717) is 13.2 Å². The van der Waals surface area contributed by atoms with Crippen LogP contribution in [0, 0.1) is 0 Å². The van der Waals surface area contributed by atoms with Crippen molar-refractivity contribution in [3.63, 3.8) is 0 Å². The summed E-state index contributed by atoms with van der Waals surface area (Å²) in [4.78, 5) is 6.27. The van der Waals surface area contributed by atoms with E-state index in [1.54, 1.807) is 6.20 Å². The van der Waals surface area contributed by atoms with E-state index < -0.39 is 6.67 Å². The molecule has 3 nitrogen and oxygen atoms in total. The highest BCUT2D eigenvalue weighted by Crippen LogP contribution is 2.14. The fourth-order valence-corrected chi connectivity index (χ4v) is 1.56. The second-order valence-electron chi connectivity index (χ2n) is 3.28. The van der Waals surface area contributed by atoms with Gasteiger partial charge >= 0.3 is 0 Å². The Labute approximate surface area is 82.5 Å². The molecule has 2 rings (SSSR count). The molecule has 1 aliphatic rings. The van der Waals surface area contributed by atoms with Crippen LogP contribution in [0.4, 0.5) is 10.2 Å². The average Bonchev–Trinajstić information content (AvgIpc) is 2.30. The molecule has 0 N–H and O–H groups in total. The van der Waals surface area contributed by atoms with Crippen molar-refractivity contribution in [2.24, 2.45) is 0 Å². The van der Waals surface area contributed by atoms with E-state index in [0.717, 1.165) is 12.4 Å². The van der Waals surface area contributed by atoms with Crippen LogP contribution >= 0.6 is 0 Å². The molecule has 0 aromatic carbocycles. The highest BCUT2D eigenvalue weighted by molar-refractivity contribution is 5.38. The van der Waals surface area contributed by atoms with E-state index in [-0.39, 0.29) is 6.10 Å². The molecule has 0 bridgehead atoms. The Hall–Kier alpha value is -1.16. The number of rotatable bonds is 2. The maximum absolute atomic E-state index is 12.4. The summed E-state index contributed by atoms with van der Waals surface area (Å²) in [6.07, 6.45) is 1.45. The fraction of sp³-hybridized carbons (Fsp3) is 0.500. The third kappa shape index (κ3) is 2.01. The normalized spacial score (nSPS) is 22.4. The highest BCUT2D eigenvalue weighted by Gasteiger charge is 2.20. The first-order valence-corrected chi connectivity index (χ1v) is 4.73. The smallest absolute Gasteiger partial charge is 0.128 e. The van der Waals surface area contributed by atoms with Crippen LogP contribution in [0.1, 0.15) is 0 Å². The van der Waals surface area contributed by atoms with Crippen molar-refractivity contribution in [2.45, 2.75) is 6.10 Å². The zero-order chi connectivity index (χ0) is 9.80. The number of anilines is 1. The molecule has 0 radical (unpaired) electrons. The number of aromatic nitrogens is 1. The van der Waals surface area contributed by atoms with Gasteiger partial charge in [-0.2, -0.15) is 0 Å². The first-order valence-electron chi connectivity index (χ1n) is 4.73. The van der Waals surface area contributed by atoms with Gasteiger partial charge in [0, 0.05) is 19.3 Å². The number of hydrogen-bond acceptors (Lipinski definition) is 3. The predicted octanol–water partition coefficient (Wildman–Crippen LogP) is 1.26. The molecule has 1 atom stereocenters. The van der Waals surface area contributed by atoms with Crippen molar-refractivity contribution in [3.8, 4) is 0 Å². The van der Waals surface area contributed by atoms with Crippen molar-refractivity contribution in [1.29, 1.82) is 0 Å². The lowest BCUT2D eigenvalue weighted by atomic mass is 10.3. The summed E-state index contributed by atoms with van der Waals surface area (Å²) in [6.45, 7) is 1.52. The van der Waals surface area contributed by atoms with Crippen LogP contribution in [-0.2, 0) is 4.74 Å². The van der Waals surface area contributed by atoms with Crippen LogP contribution in [-0.4, -0.2) is 37.5 Å². The van der Waals surface area contributed by atoms with Crippen molar-refractivity contribution in [2.75, 3.05) is 31.3 Å². The van der Waals surface area contributed by atoms with Gasteiger partial charge in [-0.1, -0.05) is 6.07 Å². The summed E-state index contributed by atoms with van der Waals surface area (Å²) in [5.41, 5.74) is 0. The third-order valence-corrected chi connectivity index (χ3v) is 2.28. The minimum Gasteiger partial charge on any atom is -0.372 e. The van der Waals surface area contributed by atoms with E-state index in [1.807, 2.05) is 23.1 Å². The number of ether oxygens (including phenoxy) is 1. The predicted molar refractivity (Wildman–Crippen MR) is 52.2 cm³/mol. The first kappa shape index (κ1) is 9.40. The second kappa shape index (κ2) is 4.37. The lowest BCUT2D eigenvalue weighted by molar-refractivity contribution is 0.0245. The molecule has 1 saturated heterocycles. The first-order chi connectivity index (χ1) is 6.90. The van der Waals surface area contributed by atoms with Crippen LogP contribution < -0.4 is 4.90 Å². The number of halogens is 1. The van der Waals surface area contributed by atoms with E-state index >= 15 is 0 Å². The summed E-state index contributed by atoms with van der Waals surface area (Å²) < 4.78 is 17.6. The molecule has 0 unspecified atom stereocenters. The van der Waals surface area contributed by atoms with Gasteiger partial charge in [0.2, 0.25) is 0 Å². The van der Waals surface area contributed by atoms with E-state index in [1.165, 1.54) is 0 Å². The standard InChI is InChI=1S/C10H13FN2O/c11-7-9-8-13(5-6-14-9)10-3-1-2-4-12-10/h1-4,9H,5-8H2/t9-/m1/s1. The molecule has 14 heavy (non-hydrogen) atoms. The minimum atomic E-state index is -0.427. The number of morpholine rings is 1. The molecular formula is C10H13FN2O. The van der Waals surface area contributed by atoms with Gasteiger partial charge < -0.3 is 9.64 Å². The van der Waals surface area contributed by atoms with E-state index in [2.05, 4.69) is 4.98 Å². The molecule has 1 aliphatic heterocycles. The largest absolute Gasteiger partial charge is 0.372 e. The molecule has 0 spiro atoms. The van der Waals surface area contributed by atoms with Crippen LogP contribution in [0.15, 0.2) is 24.4 Å². The lowest BCUT2D eigenvalue weighted by Crippen LogP contribution is -2.43. The van der Waals surface area contributed by atoms with Gasteiger partial charge in [-0.25, -0.2) is 9.37 Å². The molecule has 0 aliphatic carbocycles. The molecule has 1 aromatic heterocycles. The number of nitrogens with zero attached hydrogens (tertiary/aromatic N) is 2. The summed E-state index contributed by atoms with van der Waals surface area (Å²) in [6, 6.07) is 5.74. The Morgan fingerprint density at radius 2 is 2.50 bits per heavy atom. The Bertz CT molecular complexity index is 281. The van der Waals surface area contributed by atoms with Gasteiger partial charge in [0.05, 0.1) is 6.61 Å². The molecule has 0 saturated carbocycles. The molecule has 1 aromatic rings. The van der Waals surface area contributed by atoms with Crippen molar-refractivity contribution < 1.29 is 9.13 Å². The number of alkyl halides is 1. The Morgan fingerprint density at radius 1 is 1.57 bits per heavy atom. The lowest BCUT2D eigenvalue weighted by Gasteiger charge is -2.32. The van der Waals surface area contributed by atoms with E-state index in [4.69, 9.17) is 4.74 Å². The van der Waals surface area contributed by atoms with Crippen LogP contribution in [0.3, 0.4) is 0 Å². The van der Waals surface area contributed by atoms with Crippen LogP contribution in [0.2, 0.25) is 0 Å². The second-order valence-corrected chi connectivity index (χ2v) is 3.28. The Balaban J connectivity index is 2.04. The Morgan fingerprint density at radius 3 is 3.21 bits per heavy atom. The van der Waals surface area contributed by atoms with Crippen molar-refractivity contribution >= 4 is 5.82 Å².